The van der Waals surface area contributed by atoms with Gasteiger partial charge in [0, 0.05) is 19.2 Å². The first-order chi connectivity index (χ1) is 3.30. The van der Waals surface area contributed by atoms with Gasteiger partial charge in [0.2, 0.25) is 5.91 Å². The lowest BCUT2D eigenvalue weighted by molar-refractivity contribution is -0.124. The molecule has 1 aliphatic heterocycles. The van der Waals surface area contributed by atoms with Crippen LogP contribution in [0.5, 0.6) is 0 Å². The molecule has 7 heavy (non-hydrogen) atoms. The fraction of sp³-hybridized carbons (Fsp3) is 0.750. The molecule has 0 unspecified atom stereocenters. The van der Waals surface area contributed by atoms with Gasteiger partial charge in [0.25, 0.3) is 0 Å². The van der Waals surface area contributed by atoms with E-state index in [0.29, 0.717) is 0 Å². The Morgan fingerprint density at radius 3 is 2.71 bits per heavy atom. The minimum absolute atomic E-state index is 0.255. The Kier molecular flexibility index (Phi) is 1.23. The smallest absolute Gasteiger partial charge is 0.233 e. The molecule has 0 aliphatic carbocycles. The Balaban J connectivity index is 2.48. The summed E-state index contributed by atoms with van der Waals surface area (Å²) in [6, 6.07) is 0. The van der Waals surface area contributed by atoms with Crippen LogP contribution in [0.25, 0.3) is 0 Å². The molecule has 1 amide bonds. The Labute approximate surface area is 47.0 Å². The van der Waals surface area contributed by atoms with E-state index in [9.17, 15) is 4.79 Å². The molecular formula is C4H7NOS. The molecule has 0 saturated carbocycles. The van der Waals surface area contributed by atoms with E-state index in [1.165, 1.54) is 0 Å². The molecule has 0 atom stereocenters. The van der Waals surface area contributed by atoms with Crippen LogP contribution in [-0.4, -0.2) is 23.0 Å². The summed E-state index contributed by atoms with van der Waals surface area (Å²) < 4.78 is 1.68. The molecule has 0 aromatic heterocycles. The largest absolute Gasteiger partial charge is 0.289 e. The monoisotopic (exact) mass is 117 g/mol. The van der Waals surface area contributed by atoms with Gasteiger partial charge in [-0.05, 0) is 11.9 Å². The third-order valence-electron chi connectivity index (χ3n) is 0.952. The fourth-order valence-corrected chi connectivity index (χ4v) is 1.27. The summed E-state index contributed by atoms with van der Waals surface area (Å²) in [6.07, 6.45) is 0.723. The summed E-state index contributed by atoms with van der Waals surface area (Å²) in [5.41, 5.74) is 0. The predicted octanol–water partition coefficient (Wildman–Crippen LogP) is 0.497. The van der Waals surface area contributed by atoms with Gasteiger partial charge in [-0.1, -0.05) is 0 Å². The second kappa shape index (κ2) is 1.74. The maximum Gasteiger partial charge on any atom is 0.233 e. The summed E-state index contributed by atoms with van der Waals surface area (Å²) in [5, 5.41) is 0. The minimum atomic E-state index is 0.255. The highest BCUT2D eigenvalue weighted by Crippen LogP contribution is 2.17. The third-order valence-corrected chi connectivity index (χ3v) is 1.93. The zero-order chi connectivity index (χ0) is 5.28. The molecule has 1 saturated heterocycles. The predicted molar refractivity (Wildman–Crippen MR) is 29.8 cm³/mol. The minimum Gasteiger partial charge on any atom is -0.289 e. The van der Waals surface area contributed by atoms with Gasteiger partial charge in [0.15, 0.2) is 0 Å². The van der Waals surface area contributed by atoms with Crippen LogP contribution < -0.4 is 0 Å². The maximum absolute atomic E-state index is 10.5. The Hall–Kier alpha value is -0.180. The molecule has 2 nitrogen and oxygen atoms in total. The van der Waals surface area contributed by atoms with Crippen LogP contribution in [0.2, 0.25) is 0 Å². The molecular weight excluding hydrogens is 110 g/mol. The van der Waals surface area contributed by atoms with E-state index >= 15 is 0 Å². The number of nitrogens with zero attached hydrogens (tertiary/aromatic N) is 1. The first-order valence-corrected chi connectivity index (χ1v) is 3.14. The Bertz CT molecular complexity index is 93.7. The molecule has 1 heterocycles. The topological polar surface area (TPSA) is 20.3 Å². The maximum atomic E-state index is 10.5. The average molecular weight is 117 g/mol. The lowest BCUT2D eigenvalue weighted by Crippen LogP contribution is -2.10. The normalized spacial score (nSPS) is 21.3. The molecule has 0 radical (unpaired) electrons. The van der Waals surface area contributed by atoms with Gasteiger partial charge in [-0.2, -0.15) is 0 Å². The number of amides is 1. The number of carbonyl (C=O) groups excluding carboxylic acids is 1. The molecule has 0 spiro atoms. The van der Waals surface area contributed by atoms with Crippen molar-refractivity contribution in [2.24, 2.45) is 0 Å². The molecule has 1 aliphatic rings. The van der Waals surface area contributed by atoms with E-state index in [1.807, 2.05) is 0 Å². The Morgan fingerprint density at radius 1 is 1.86 bits per heavy atom. The highest BCUT2D eigenvalue weighted by Gasteiger charge is 2.15. The Morgan fingerprint density at radius 2 is 2.57 bits per heavy atom. The van der Waals surface area contributed by atoms with Crippen LogP contribution in [0, 0.1) is 0 Å². The highest BCUT2D eigenvalue weighted by atomic mass is 32.2. The van der Waals surface area contributed by atoms with Gasteiger partial charge in [-0.3, -0.25) is 9.10 Å². The molecule has 0 N–H and O–H groups in total. The molecule has 0 bridgehead atoms. The number of hydrogen-bond donors (Lipinski definition) is 0. The van der Waals surface area contributed by atoms with Gasteiger partial charge >= 0.3 is 0 Å². The number of hydrogen-bond acceptors (Lipinski definition) is 2. The van der Waals surface area contributed by atoms with E-state index in [2.05, 4.69) is 0 Å². The van der Waals surface area contributed by atoms with Crippen molar-refractivity contribution < 1.29 is 4.79 Å². The van der Waals surface area contributed by atoms with Gasteiger partial charge in [-0.15, -0.1) is 0 Å². The standard InChI is InChI=1S/C4H7NOS/c1-5-4(6)2-3-7-5/h2-3H2,1H3. The molecule has 3 heteroatoms. The van der Waals surface area contributed by atoms with Gasteiger partial charge in [-0.25, -0.2) is 0 Å². The molecule has 0 aromatic rings. The van der Waals surface area contributed by atoms with Crippen molar-refractivity contribution in [3.63, 3.8) is 0 Å². The summed E-state index contributed by atoms with van der Waals surface area (Å²) in [6.45, 7) is 0. The first-order valence-electron chi connectivity index (χ1n) is 2.20. The van der Waals surface area contributed by atoms with E-state index in [0.717, 1.165) is 12.2 Å². The number of carbonyl (C=O) groups is 1. The van der Waals surface area contributed by atoms with Crippen LogP contribution in [0.1, 0.15) is 6.42 Å². The van der Waals surface area contributed by atoms with Crippen LogP contribution in [-0.2, 0) is 4.79 Å². The van der Waals surface area contributed by atoms with Crippen molar-refractivity contribution in [1.82, 2.24) is 4.31 Å². The fourth-order valence-electron chi connectivity index (χ4n) is 0.499. The van der Waals surface area contributed by atoms with E-state index in [4.69, 9.17) is 0 Å². The molecule has 0 aromatic carbocycles. The van der Waals surface area contributed by atoms with Crippen LogP contribution in [0.4, 0.5) is 0 Å². The van der Waals surface area contributed by atoms with Crippen molar-refractivity contribution in [3.8, 4) is 0 Å². The van der Waals surface area contributed by atoms with Crippen molar-refractivity contribution in [2.75, 3.05) is 12.8 Å². The van der Waals surface area contributed by atoms with Gasteiger partial charge in [0.1, 0.15) is 0 Å². The average Bonchev–Trinajstić information content (AvgIpc) is 1.91. The summed E-state index contributed by atoms with van der Waals surface area (Å²) in [4.78, 5) is 10.5. The summed E-state index contributed by atoms with van der Waals surface area (Å²) in [5.74, 6) is 1.22. The van der Waals surface area contributed by atoms with Gasteiger partial charge in [0.05, 0.1) is 0 Å². The van der Waals surface area contributed by atoms with E-state index in [1.54, 1.807) is 23.3 Å². The highest BCUT2D eigenvalue weighted by molar-refractivity contribution is 7.97. The zero-order valence-corrected chi connectivity index (χ0v) is 4.99. The van der Waals surface area contributed by atoms with Crippen LogP contribution >= 0.6 is 11.9 Å². The summed E-state index contributed by atoms with van der Waals surface area (Å²) in [7, 11) is 1.81. The van der Waals surface area contributed by atoms with E-state index < -0.39 is 0 Å². The third kappa shape index (κ3) is 0.881. The van der Waals surface area contributed by atoms with Crippen LogP contribution in [0.3, 0.4) is 0 Å². The molecule has 1 rings (SSSR count). The van der Waals surface area contributed by atoms with Crippen molar-refractivity contribution in [1.29, 1.82) is 0 Å². The van der Waals surface area contributed by atoms with Gasteiger partial charge < -0.3 is 0 Å². The quantitative estimate of drug-likeness (QED) is 0.430. The molecule has 40 valence electrons. The molecule has 1 fully saturated rings. The van der Waals surface area contributed by atoms with Crippen molar-refractivity contribution in [3.05, 3.63) is 0 Å². The lowest BCUT2D eigenvalue weighted by atomic mass is 10.5. The van der Waals surface area contributed by atoms with Crippen LogP contribution in [0.15, 0.2) is 0 Å². The van der Waals surface area contributed by atoms with Crippen molar-refractivity contribution in [2.45, 2.75) is 6.42 Å². The van der Waals surface area contributed by atoms with Crippen molar-refractivity contribution >= 4 is 17.9 Å². The SMILES string of the molecule is CN1SCCC1=O. The second-order valence-corrected chi connectivity index (χ2v) is 2.69. The number of rotatable bonds is 0. The van der Waals surface area contributed by atoms with E-state index in [-0.39, 0.29) is 5.91 Å². The lowest BCUT2D eigenvalue weighted by Gasteiger charge is -2.01. The zero-order valence-electron chi connectivity index (χ0n) is 4.18. The second-order valence-electron chi connectivity index (χ2n) is 1.47. The first kappa shape index (κ1) is 4.97. The summed E-state index contributed by atoms with van der Waals surface area (Å²) >= 11 is 1.59.